The van der Waals surface area contributed by atoms with E-state index in [-0.39, 0.29) is 0 Å². The Hall–Kier alpha value is -1.49. The monoisotopic (exact) mass is 295 g/mol. The Bertz CT molecular complexity index is 445. The van der Waals surface area contributed by atoms with Crippen LogP contribution in [0.2, 0.25) is 0 Å². The summed E-state index contributed by atoms with van der Waals surface area (Å²) in [6, 6.07) is 6.66. The number of carboxylic acid groups (broad SMARTS) is 1. The summed E-state index contributed by atoms with van der Waals surface area (Å²) in [5.41, 5.74) is 1.79. The molecule has 0 heterocycles. The highest BCUT2D eigenvalue weighted by molar-refractivity contribution is 7.98. The van der Waals surface area contributed by atoms with Gasteiger partial charge in [-0.05, 0) is 42.0 Å². The highest BCUT2D eigenvalue weighted by Gasteiger charge is 2.25. The number of hydrogen-bond acceptors (Lipinski definition) is 3. The van der Waals surface area contributed by atoms with Crippen molar-refractivity contribution in [2.24, 2.45) is 0 Å². The van der Waals surface area contributed by atoms with Crippen molar-refractivity contribution in [3.8, 4) is 0 Å². The van der Waals surface area contributed by atoms with Gasteiger partial charge in [-0.2, -0.15) is 11.8 Å². The smallest absolute Gasteiger partial charge is 0.326 e. The minimum absolute atomic E-state index is 0.403. The molecule has 0 aliphatic rings. The van der Waals surface area contributed by atoms with Crippen molar-refractivity contribution in [2.45, 2.75) is 32.2 Å². The molecule has 1 aromatic carbocycles. The first-order chi connectivity index (χ1) is 9.51. The van der Waals surface area contributed by atoms with Gasteiger partial charge in [0.2, 0.25) is 6.41 Å². The molecule has 0 aliphatic carbocycles. The molecule has 1 rings (SSSR count). The largest absolute Gasteiger partial charge is 0.480 e. The molecule has 0 fully saturated rings. The minimum atomic E-state index is -0.973. The zero-order valence-electron chi connectivity index (χ0n) is 12.1. The number of rotatable bonds is 8. The second-order valence-electron chi connectivity index (χ2n) is 4.89. The molecule has 1 atom stereocenters. The van der Waals surface area contributed by atoms with E-state index in [2.05, 4.69) is 13.8 Å². The summed E-state index contributed by atoms with van der Waals surface area (Å²) in [6.45, 7) is 4.18. The molecule has 110 valence electrons. The maximum atomic E-state index is 11.3. The highest BCUT2D eigenvalue weighted by Crippen LogP contribution is 2.22. The Morgan fingerprint density at radius 3 is 2.35 bits per heavy atom. The number of carbonyl (C=O) groups excluding carboxylic acids is 1. The molecule has 20 heavy (non-hydrogen) atoms. The Kier molecular flexibility index (Phi) is 6.58. The van der Waals surface area contributed by atoms with Crippen molar-refractivity contribution < 1.29 is 14.7 Å². The summed E-state index contributed by atoms with van der Waals surface area (Å²) in [6.07, 6.45) is 2.95. The summed E-state index contributed by atoms with van der Waals surface area (Å²) in [5.74, 6) is 0.130. The Morgan fingerprint density at radius 2 is 1.95 bits per heavy atom. The van der Waals surface area contributed by atoms with E-state index in [1.54, 1.807) is 23.9 Å². The van der Waals surface area contributed by atoms with E-state index in [0.29, 0.717) is 30.2 Å². The SMILES string of the molecule is CSCCC(C(=O)O)N(C=O)c1ccc(C(C)C)cc1. The molecule has 0 bridgehead atoms. The van der Waals surface area contributed by atoms with Gasteiger partial charge in [-0.15, -0.1) is 0 Å². The fourth-order valence-electron chi connectivity index (χ4n) is 1.96. The van der Waals surface area contributed by atoms with Crippen LogP contribution in [0.1, 0.15) is 31.7 Å². The van der Waals surface area contributed by atoms with Gasteiger partial charge in [0.05, 0.1) is 0 Å². The number of thioether (sulfide) groups is 1. The van der Waals surface area contributed by atoms with E-state index in [4.69, 9.17) is 0 Å². The number of carboxylic acids is 1. The topological polar surface area (TPSA) is 57.6 Å². The molecule has 0 aliphatic heterocycles. The summed E-state index contributed by atoms with van der Waals surface area (Å²) in [7, 11) is 0. The molecular weight excluding hydrogens is 274 g/mol. The molecule has 1 unspecified atom stereocenters. The summed E-state index contributed by atoms with van der Waals surface area (Å²) < 4.78 is 0. The fraction of sp³-hybridized carbons (Fsp3) is 0.467. The lowest BCUT2D eigenvalue weighted by molar-refractivity contribution is -0.139. The maximum Gasteiger partial charge on any atom is 0.326 e. The van der Waals surface area contributed by atoms with Crippen molar-refractivity contribution in [2.75, 3.05) is 16.9 Å². The average Bonchev–Trinajstić information content (AvgIpc) is 2.43. The Morgan fingerprint density at radius 1 is 1.35 bits per heavy atom. The van der Waals surface area contributed by atoms with Gasteiger partial charge in [-0.1, -0.05) is 26.0 Å². The first kappa shape index (κ1) is 16.6. The average molecular weight is 295 g/mol. The predicted molar refractivity (Wildman–Crippen MR) is 83.5 cm³/mol. The summed E-state index contributed by atoms with van der Waals surface area (Å²) in [5, 5.41) is 9.30. The number of benzene rings is 1. The molecule has 0 aromatic heterocycles. The lowest BCUT2D eigenvalue weighted by Crippen LogP contribution is -2.41. The van der Waals surface area contributed by atoms with Crippen LogP contribution in [0.5, 0.6) is 0 Å². The third kappa shape index (κ3) is 4.27. The van der Waals surface area contributed by atoms with Crippen molar-refractivity contribution in [1.29, 1.82) is 0 Å². The fourth-order valence-corrected chi connectivity index (χ4v) is 2.42. The second kappa shape index (κ2) is 7.94. The van der Waals surface area contributed by atoms with E-state index in [9.17, 15) is 14.7 Å². The summed E-state index contributed by atoms with van der Waals surface area (Å²) >= 11 is 1.57. The van der Waals surface area contributed by atoms with Crippen molar-refractivity contribution >= 4 is 29.8 Å². The van der Waals surface area contributed by atoms with Gasteiger partial charge in [0.1, 0.15) is 6.04 Å². The molecule has 0 radical (unpaired) electrons. The van der Waals surface area contributed by atoms with Crippen LogP contribution in [0.4, 0.5) is 5.69 Å². The van der Waals surface area contributed by atoms with Crippen LogP contribution >= 0.6 is 11.8 Å². The van der Waals surface area contributed by atoms with Crippen molar-refractivity contribution in [3.05, 3.63) is 29.8 Å². The minimum Gasteiger partial charge on any atom is -0.480 e. The number of nitrogens with zero attached hydrogens (tertiary/aromatic N) is 1. The van der Waals surface area contributed by atoms with Crippen LogP contribution in [-0.4, -0.2) is 35.5 Å². The normalized spacial score (nSPS) is 12.2. The third-order valence-corrected chi connectivity index (χ3v) is 3.83. The highest BCUT2D eigenvalue weighted by atomic mass is 32.2. The predicted octanol–water partition coefficient (Wildman–Crippen LogP) is 2.98. The third-order valence-electron chi connectivity index (χ3n) is 3.19. The number of anilines is 1. The summed E-state index contributed by atoms with van der Waals surface area (Å²) in [4.78, 5) is 23.9. The van der Waals surface area contributed by atoms with Gasteiger partial charge in [-0.25, -0.2) is 4.79 Å². The standard InChI is InChI=1S/C15H21NO3S/c1-11(2)12-4-6-13(7-5-12)16(10-17)14(15(18)19)8-9-20-3/h4-7,10-11,14H,8-9H2,1-3H3,(H,18,19). The Labute approximate surface area is 124 Å². The van der Waals surface area contributed by atoms with E-state index in [0.717, 1.165) is 5.56 Å². The molecule has 1 N–H and O–H groups in total. The van der Waals surface area contributed by atoms with E-state index < -0.39 is 12.0 Å². The molecule has 0 spiro atoms. The van der Waals surface area contributed by atoms with Gasteiger partial charge >= 0.3 is 5.97 Å². The number of carbonyl (C=O) groups is 2. The zero-order chi connectivity index (χ0) is 15.1. The van der Waals surface area contributed by atoms with E-state index in [1.807, 2.05) is 18.4 Å². The first-order valence-electron chi connectivity index (χ1n) is 6.56. The second-order valence-corrected chi connectivity index (χ2v) is 5.88. The van der Waals surface area contributed by atoms with Crippen LogP contribution in [0.25, 0.3) is 0 Å². The van der Waals surface area contributed by atoms with Crippen LogP contribution in [0.3, 0.4) is 0 Å². The Balaban J connectivity index is 2.97. The lowest BCUT2D eigenvalue weighted by Gasteiger charge is -2.25. The van der Waals surface area contributed by atoms with Crippen LogP contribution < -0.4 is 4.90 Å². The van der Waals surface area contributed by atoms with Crippen LogP contribution in [0.15, 0.2) is 24.3 Å². The first-order valence-corrected chi connectivity index (χ1v) is 7.96. The van der Waals surface area contributed by atoms with Crippen molar-refractivity contribution in [1.82, 2.24) is 0 Å². The van der Waals surface area contributed by atoms with Crippen molar-refractivity contribution in [3.63, 3.8) is 0 Å². The lowest BCUT2D eigenvalue weighted by atomic mass is 10.0. The van der Waals surface area contributed by atoms with Crippen LogP contribution in [-0.2, 0) is 9.59 Å². The van der Waals surface area contributed by atoms with Gasteiger partial charge in [0, 0.05) is 5.69 Å². The maximum absolute atomic E-state index is 11.3. The number of aliphatic carboxylic acids is 1. The van der Waals surface area contributed by atoms with Gasteiger partial charge in [-0.3, -0.25) is 4.79 Å². The van der Waals surface area contributed by atoms with Gasteiger partial charge in [0.15, 0.2) is 0 Å². The molecule has 1 amide bonds. The number of hydrogen-bond donors (Lipinski definition) is 1. The van der Waals surface area contributed by atoms with E-state index >= 15 is 0 Å². The quantitative estimate of drug-likeness (QED) is 0.749. The molecular formula is C15H21NO3S. The van der Waals surface area contributed by atoms with Gasteiger partial charge < -0.3 is 10.0 Å². The number of amides is 1. The molecule has 1 aromatic rings. The van der Waals surface area contributed by atoms with Crippen LogP contribution in [0, 0.1) is 0 Å². The van der Waals surface area contributed by atoms with E-state index in [1.165, 1.54) is 4.90 Å². The van der Waals surface area contributed by atoms with Gasteiger partial charge in [0.25, 0.3) is 0 Å². The molecule has 0 saturated carbocycles. The molecule has 5 heteroatoms. The molecule has 4 nitrogen and oxygen atoms in total. The molecule has 0 saturated heterocycles. The zero-order valence-corrected chi connectivity index (χ0v) is 12.9.